The van der Waals surface area contributed by atoms with Gasteiger partial charge in [0.15, 0.2) is 0 Å². The zero-order chi connectivity index (χ0) is 13.8. The van der Waals surface area contributed by atoms with E-state index in [2.05, 4.69) is 6.92 Å². The lowest BCUT2D eigenvalue weighted by atomic mass is 9.99. The molecule has 1 amide bonds. The van der Waals surface area contributed by atoms with Crippen molar-refractivity contribution < 1.29 is 4.79 Å². The summed E-state index contributed by atoms with van der Waals surface area (Å²) < 4.78 is 0. The van der Waals surface area contributed by atoms with E-state index in [0.29, 0.717) is 21.5 Å². The fourth-order valence-electron chi connectivity index (χ4n) is 2.16. The van der Waals surface area contributed by atoms with E-state index in [1.165, 1.54) is 0 Å². The molecule has 0 atom stereocenters. The SMILES string of the molecule is CC1CCN(C(=O)C=Cc2c(Cl)cccc2Cl)CC1. The van der Waals surface area contributed by atoms with E-state index >= 15 is 0 Å². The molecular formula is C15H17Cl2NO. The number of benzene rings is 1. The second-order valence-corrected chi connectivity index (χ2v) is 5.79. The summed E-state index contributed by atoms with van der Waals surface area (Å²) in [5.74, 6) is 0.744. The van der Waals surface area contributed by atoms with E-state index in [1.807, 2.05) is 4.90 Å². The summed E-state index contributed by atoms with van der Waals surface area (Å²) in [5.41, 5.74) is 0.699. The van der Waals surface area contributed by atoms with Crippen molar-refractivity contribution in [3.63, 3.8) is 0 Å². The summed E-state index contributed by atoms with van der Waals surface area (Å²) in [5, 5.41) is 1.12. The molecule has 0 aliphatic carbocycles. The van der Waals surface area contributed by atoms with Gasteiger partial charge in [0, 0.05) is 34.8 Å². The number of carbonyl (C=O) groups is 1. The molecule has 2 nitrogen and oxygen atoms in total. The van der Waals surface area contributed by atoms with E-state index < -0.39 is 0 Å². The van der Waals surface area contributed by atoms with Crippen LogP contribution >= 0.6 is 23.2 Å². The molecule has 1 heterocycles. The minimum absolute atomic E-state index is 0.0305. The minimum atomic E-state index is 0.0305. The fourth-order valence-corrected chi connectivity index (χ4v) is 2.68. The Morgan fingerprint density at radius 1 is 1.26 bits per heavy atom. The fraction of sp³-hybridized carbons (Fsp3) is 0.400. The third-order valence-corrected chi connectivity index (χ3v) is 4.15. The maximum atomic E-state index is 12.1. The Morgan fingerprint density at radius 3 is 2.42 bits per heavy atom. The van der Waals surface area contributed by atoms with Gasteiger partial charge in [-0.1, -0.05) is 36.2 Å². The number of carbonyl (C=O) groups excluding carboxylic acids is 1. The Bertz CT molecular complexity index is 471. The predicted molar refractivity (Wildman–Crippen MR) is 80.5 cm³/mol. The Morgan fingerprint density at radius 2 is 1.84 bits per heavy atom. The number of nitrogens with zero attached hydrogens (tertiary/aromatic N) is 1. The molecule has 1 aromatic carbocycles. The third kappa shape index (κ3) is 3.74. The van der Waals surface area contributed by atoms with Gasteiger partial charge in [0.1, 0.15) is 0 Å². The maximum absolute atomic E-state index is 12.1. The number of likely N-dealkylation sites (tertiary alicyclic amines) is 1. The highest BCUT2D eigenvalue weighted by Crippen LogP contribution is 2.25. The highest BCUT2D eigenvalue weighted by atomic mass is 35.5. The van der Waals surface area contributed by atoms with E-state index in [9.17, 15) is 4.79 Å². The number of hydrogen-bond acceptors (Lipinski definition) is 1. The second-order valence-electron chi connectivity index (χ2n) is 4.98. The van der Waals surface area contributed by atoms with Crippen LogP contribution in [-0.2, 0) is 4.79 Å². The molecule has 0 unspecified atom stereocenters. The summed E-state index contributed by atoms with van der Waals surface area (Å²) in [6.07, 6.45) is 5.41. The molecule has 1 aliphatic heterocycles. The lowest BCUT2D eigenvalue weighted by Gasteiger charge is -2.29. The first-order valence-electron chi connectivity index (χ1n) is 6.49. The van der Waals surface area contributed by atoms with Crippen molar-refractivity contribution in [2.75, 3.05) is 13.1 Å². The number of hydrogen-bond donors (Lipinski definition) is 0. The van der Waals surface area contributed by atoms with Crippen LogP contribution < -0.4 is 0 Å². The van der Waals surface area contributed by atoms with Gasteiger partial charge in [0.25, 0.3) is 0 Å². The van der Waals surface area contributed by atoms with Crippen LogP contribution in [0.25, 0.3) is 6.08 Å². The molecule has 0 aromatic heterocycles. The Balaban J connectivity index is 2.04. The Kier molecular flexibility index (Phi) is 4.89. The standard InChI is InChI=1S/C15H17Cl2NO/c1-11-7-9-18(10-8-11)15(19)6-5-12-13(16)3-2-4-14(12)17/h2-6,11H,7-10H2,1H3. The first-order chi connectivity index (χ1) is 9.08. The first-order valence-corrected chi connectivity index (χ1v) is 7.24. The van der Waals surface area contributed by atoms with Crippen molar-refractivity contribution in [1.29, 1.82) is 0 Å². The van der Waals surface area contributed by atoms with Crippen LogP contribution in [0, 0.1) is 5.92 Å². The van der Waals surface area contributed by atoms with Crippen LogP contribution in [0.15, 0.2) is 24.3 Å². The molecular weight excluding hydrogens is 281 g/mol. The van der Waals surface area contributed by atoms with E-state index in [4.69, 9.17) is 23.2 Å². The topological polar surface area (TPSA) is 20.3 Å². The van der Waals surface area contributed by atoms with E-state index in [0.717, 1.165) is 25.9 Å². The lowest BCUT2D eigenvalue weighted by molar-refractivity contribution is -0.127. The minimum Gasteiger partial charge on any atom is -0.339 e. The average molecular weight is 298 g/mol. The van der Waals surface area contributed by atoms with Crippen molar-refractivity contribution in [1.82, 2.24) is 4.90 Å². The van der Waals surface area contributed by atoms with Gasteiger partial charge in [-0.05, 0) is 37.0 Å². The summed E-state index contributed by atoms with van der Waals surface area (Å²) in [6, 6.07) is 5.32. The number of amides is 1. The van der Waals surface area contributed by atoms with Crippen molar-refractivity contribution in [3.8, 4) is 0 Å². The van der Waals surface area contributed by atoms with Crippen molar-refractivity contribution in [2.45, 2.75) is 19.8 Å². The van der Waals surface area contributed by atoms with Gasteiger partial charge in [-0.25, -0.2) is 0 Å². The van der Waals surface area contributed by atoms with Crippen LogP contribution in [0.1, 0.15) is 25.3 Å². The lowest BCUT2D eigenvalue weighted by Crippen LogP contribution is -2.36. The molecule has 1 aromatic rings. The highest BCUT2D eigenvalue weighted by Gasteiger charge is 2.18. The molecule has 102 valence electrons. The van der Waals surface area contributed by atoms with Crippen LogP contribution in [0.3, 0.4) is 0 Å². The summed E-state index contributed by atoms with van der Waals surface area (Å²) in [4.78, 5) is 13.9. The van der Waals surface area contributed by atoms with Gasteiger partial charge in [0.2, 0.25) is 5.91 Å². The smallest absolute Gasteiger partial charge is 0.246 e. The maximum Gasteiger partial charge on any atom is 0.246 e. The van der Waals surface area contributed by atoms with Gasteiger partial charge >= 0.3 is 0 Å². The Labute approximate surface area is 124 Å². The Hall–Kier alpha value is -0.990. The molecule has 0 bridgehead atoms. The van der Waals surface area contributed by atoms with Crippen LogP contribution in [0.5, 0.6) is 0 Å². The molecule has 1 saturated heterocycles. The molecule has 0 saturated carbocycles. The van der Waals surface area contributed by atoms with Gasteiger partial charge < -0.3 is 4.90 Å². The van der Waals surface area contributed by atoms with Crippen molar-refractivity contribution >= 4 is 35.2 Å². The zero-order valence-electron chi connectivity index (χ0n) is 10.9. The van der Waals surface area contributed by atoms with E-state index in [1.54, 1.807) is 30.4 Å². The second kappa shape index (κ2) is 6.44. The van der Waals surface area contributed by atoms with Crippen molar-refractivity contribution in [2.24, 2.45) is 5.92 Å². The summed E-state index contributed by atoms with van der Waals surface area (Å²) in [6.45, 7) is 3.89. The highest BCUT2D eigenvalue weighted by molar-refractivity contribution is 6.37. The van der Waals surface area contributed by atoms with Crippen LogP contribution in [0.2, 0.25) is 10.0 Å². The molecule has 0 spiro atoms. The van der Waals surface area contributed by atoms with Crippen LogP contribution in [0.4, 0.5) is 0 Å². The molecule has 19 heavy (non-hydrogen) atoms. The normalized spacial score (nSPS) is 17.1. The molecule has 0 N–H and O–H groups in total. The quantitative estimate of drug-likeness (QED) is 0.747. The van der Waals surface area contributed by atoms with Gasteiger partial charge in [-0.3, -0.25) is 4.79 Å². The van der Waals surface area contributed by atoms with Gasteiger partial charge in [0.05, 0.1) is 0 Å². The number of piperidine rings is 1. The summed E-state index contributed by atoms with van der Waals surface area (Å²) >= 11 is 12.1. The molecule has 1 fully saturated rings. The summed E-state index contributed by atoms with van der Waals surface area (Å²) in [7, 11) is 0. The molecule has 0 radical (unpaired) electrons. The molecule has 2 rings (SSSR count). The van der Waals surface area contributed by atoms with Crippen LogP contribution in [-0.4, -0.2) is 23.9 Å². The van der Waals surface area contributed by atoms with Crippen molar-refractivity contribution in [3.05, 3.63) is 39.9 Å². The molecule has 1 aliphatic rings. The predicted octanol–water partition coefficient (Wildman–Crippen LogP) is 4.27. The first kappa shape index (κ1) is 14.4. The third-order valence-electron chi connectivity index (χ3n) is 3.49. The monoisotopic (exact) mass is 297 g/mol. The van der Waals surface area contributed by atoms with Gasteiger partial charge in [-0.2, -0.15) is 0 Å². The zero-order valence-corrected chi connectivity index (χ0v) is 12.4. The number of halogens is 2. The number of rotatable bonds is 2. The molecule has 4 heteroatoms. The largest absolute Gasteiger partial charge is 0.339 e. The van der Waals surface area contributed by atoms with E-state index in [-0.39, 0.29) is 5.91 Å². The van der Waals surface area contributed by atoms with Gasteiger partial charge in [-0.15, -0.1) is 0 Å². The average Bonchev–Trinajstić information content (AvgIpc) is 2.38.